The first-order chi connectivity index (χ1) is 5.96. The van der Waals surface area contributed by atoms with Gasteiger partial charge in [0.05, 0.1) is 5.02 Å². The van der Waals surface area contributed by atoms with E-state index in [2.05, 4.69) is 5.32 Å². The summed E-state index contributed by atoms with van der Waals surface area (Å²) in [7, 11) is 1.26. The lowest BCUT2D eigenvalue weighted by molar-refractivity contribution is -0.155. The van der Waals surface area contributed by atoms with Crippen molar-refractivity contribution < 1.29 is 13.2 Å². The minimum atomic E-state index is -4.30. The van der Waals surface area contributed by atoms with Crippen molar-refractivity contribution in [1.82, 2.24) is 5.32 Å². The molecule has 0 radical (unpaired) electrons. The van der Waals surface area contributed by atoms with E-state index in [0.29, 0.717) is 0 Å². The monoisotopic (exact) mass is 229 g/mol. The molecular weight excluding hydrogens is 223 g/mol. The topological polar surface area (TPSA) is 12.0 Å². The second kappa shape index (κ2) is 3.86. The second-order valence-corrected chi connectivity index (χ2v) is 3.75. The molecule has 1 N–H and O–H groups in total. The van der Waals surface area contributed by atoms with Gasteiger partial charge in [-0.3, -0.25) is 0 Å². The second-order valence-electron chi connectivity index (χ2n) is 2.40. The highest BCUT2D eigenvalue weighted by molar-refractivity contribution is 7.10. The standard InChI is InChI=1S/C7H7ClF3NS/c1-12-6(7(9,10)11)5-4(8)2-3-13-5/h2-3,6,12H,1H3. The molecule has 0 saturated carbocycles. The number of halogens is 4. The Morgan fingerprint density at radius 3 is 2.46 bits per heavy atom. The predicted molar refractivity (Wildman–Crippen MR) is 47.2 cm³/mol. The number of thiophene rings is 1. The molecular formula is C7H7ClF3NS. The van der Waals surface area contributed by atoms with Crippen molar-refractivity contribution in [2.75, 3.05) is 7.05 Å². The van der Waals surface area contributed by atoms with E-state index < -0.39 is 12.2 Å². The Morgan fingerprint density at radius 2 is 2.15 bits per heavy atom. The largest absolute Gasteiger partial charge is 0.408 e. The van der Waals surface area contributed by atoms with Crippen LogP contribution < -0.4 is 5.32 Å². The number of hydrogen-bond donors (Lipinski definition) is 1. The zero-order valence-electron chi connectivity index (χ0n) is 6.65. The molecule has 0 saturated heterocycles. The molecule has 0 amide bonds. The van der Waals surface area contributed by atoms with Crippen LogP contribution in [0.25, 0.3) is 0 Å². The van der Waals surface area contributed by atoms with Gasteiger partial charge in [-0.2, -0.15) is 13.2 Å². The summed E-state index contributed by atoms with van der Waals surface area (Å²) < 4.78 is 37.0. The quantitative estimate of drug-likeness (QED) is 0.821. The Labute approximate surface area is 82.5 Å². The molecule has 0 aliphatic rings. The first-order valence-electron chi connectivity index (χ1n) is 3.43. The van der Waals surface area contributed by atoms with Crippen molar-refractivity contribution >= 4 is 22.9 Å². The smallest absolute Gasteiger partial charge is 0.305 e. The van der Waals surface area contributed by atoms with Gasteiger partial charge >= 0.3 is 6.18 Å². The van der Waals surface area contributed by atoms with Gasteiger partial charge in [0.15, 0.2) is 0 Å². The van der Waals surface area contributed by atoms with E-state index in [-0.39, 0.29) is 9.90 Å². The SMILES string of the molecule is CNC(c1sccc1Cl)C(F)(F)F. The fraction of sp³-hybridized carbons (Fsp3) is 0.429. The van der Waals surface area contributed by atoms with Crippen molar-refractivity contribution in [3.05, 3.63) is 21.3 Å². The molecule has 0 aliphatic heterocycles. The van der Waals surface area contributed by atoms with Gasteiger partial charge in [0.1, 0.15) is 6.04 Å². The summed E-state index contributed by atoms with van der Waals surface area (Å²) in [6.45, 7) is 0. The normalized spacial score (nSPS) is 14.5. The maximum absolute atomic E-state index is 12.3. The lowest BCUT2D eigenvalue weighted by Gasteiger charge is -2.18. The molecule has 0 spiro atoms. The maximum atomic E-state index is 12.3. The molecule has 1 atom stereocenters. The lowest BCUT2D eigenvalue weighted by Crippen LogP contribution is -2.31. The van der Waals surface area contributed by atoms with Crippen LogP contribution in [-0.2, 0) is 0 Å². The number of nitrogens with one attached hydrogen (secondary N) is 1. The Kier molecular flexibility index (Phi) is 3.21. The van der Waals surface area contributed by atoms with Crippen molar-refractivity contribution in [1.29, 1.82) is 0 Å². The van der Waals surface area contributed by atoms with Gasteiger partial charge in [-0.1, -0.05) is 11.6 Å². The summed E-state index contributed by atoms with van der Waals surface area (Å²) >= 11 is 6.58. The summed E-state index contributed by atoms with van der Waals surface area (Å²) in [6, 6.07) is -0.211. The molecule has 13 heavy (non-hydrogen) atoms. The van der Waals surface area contributed by atoms with Crippen LogP contribution in [-0.4, -0.2) is 13.2 Å². The predicted octanol–water partition coefficient (Wildman–Crippen LogP) is 3.22. The molecule has 1 aromatic rings. The minimum Gasteiger partial charge on any atom is -0.305 e. The number of rotatable bonds is 2. The molecule has 1 rings (SSSR count). The third-order valence-electron chi connectivity index (χ3n) is 1.52. The van der Waals surface area contributed by atoms with Crippen LogP contribution in [0, 0.1) is 0 Å². The van der Waals surface area contributed by atoms with E-state index in [4.69, 9.17) is 11.6 Å². The molecule has 0 bridgehead atoms. The van der Waals surface area contributed by atoms with Crippen molar-refractivity contribution in [3.8, 4) is 0 Å². The highest BCUT2D eigenvalue weighted by atomic mass is 35.5. The molecule has 1 nitrogen and oxygen atoms in total. The van der Waals surface area contributed by atoms with E-state index in [0.717, 1.165) is 11.3 Å². The zero-order chi connectivity index (χ0) is 10.1. The first-order valence-corrected chi connectivity index (χ1v) is 4.69. The molecule has 0 aromatic carbocycles. The highest BCUT2D eigenvalue weighted by Crippen LogP contribution is 2.38. The average molecular weight is 230 g/mol. The fourth-order valence-electron chi connectivity index (χ4n) is 0.955. The molecule has 1 heterocycles. The third kappa shape index (κ3) is 2.36. The third-order valence-corrected chi connectivity index (χ3v) is 2.95. The van der Waals surface area contributed by atoms with Gasteiger partial charge < -0.3 is 5.32 Å². The molecule has 1 aromatic heterocycles. The van der Waals surface area contributed by atoms with E-state index in [1.54, 1.807) is 0 Å². The van der Waals surface area contributed by atoms with Gasteiger partial charge in [0.25, 0.3) is 0 Å². The molecule has 74 valence electrons. The van der Waals surface area contributed by atoms with Crippen LogP contribution >= 0.6 is 22.9 Å². The molecule has 0 fully saturated rings. The minimum absolute atomic E-state index is 0.108. The van der Waals surface area contributed by atoms with E-state index in [1.165, 1.54) is 18.5 Å². The Bertz CT molecular complexity index is 284. The van der Waals surface area contributed by atoms with Crippen LogP contribution in [0.3, 0.4) is 0 Å². The first kappa shape index (κ1) is 10.8. The van der Waals surface area contributed by atoms with Crippen LogP contribution in [0.15, 0.2) is 11.4 Å². The van der Waals surface area contributed by atoms with Gasteiger partial charge in [0.2, 0.25) is 0 Å². The van der Waals surface area contributed by atoms with E-state index in [1.807, 2.05) is 0 Å². The van der Waals surface area contributed by atoms with Crippen LogP contribution in [0.5, 0.6) is 0 Å². The highest BCUT2D eigenvalue weighted by Gasteiger charge is 2.41. The number of alkyl halides is 3. The lowest BCUT2D eigenvalue weighted by atomic mass is 10.2. The molecule has 0 aliphatic carbocycles. The van der Waals surface area contributed by atoms with Crippen molar-refractivity contribution in [2.24, 2.45) is 0 Å². The summed E-state index contributed by atoms with van der Waals surface area (Å²) in [6.07, 6.45) is -4.30. The van der Waals surface area contributed by atoms with Crippen LogP contribution in [0.2, 0.25) is 5.02 Å². The van der Waals surface area contributed by atoms with Gasteiger partial charge in [-0.15, -0.1) is 11.3 Å². The van der Waals surface area contributed by atoms with E-state index >= 15 is 0 Å². The fourth-order valence-corrected chi connectivity index (χ4v) is 2.25. The van der Waals surface area contributed by atoms with E-state index in [9.17, 15) is 13.2 Å². The summed E-state index contributed by atoms with van der Waals surface area (Å²) in [5, 5.41) is 3.88. The zero-order valence-corrected chi connectivity index (χ0v) is 8.22. The van der Waals surface area contributed by atoms with Crippen molar-refractivity contribution in [3.63, 3.8) is 0 Å². The summed E-state index contributed by atoms with van der Waals surface area (Å²) in [5.41, 5.74) is 0. The molecule has 1 unspecified atom stereocenters. The average Bonchev–Trinajstić information content (AvgIpc) is 2.35. The Hall–Kier alpha value is -0.260. The summed E-state index contributed by atoms with van der Waals surface area (Å²) in [5.74, 6) is 0. The van der Waals surface area contributed by atoms with Gasteiger partial charge in [-0.05, 0) is 18.5 Å². The number of hydrogen-bond acceptors (Lipinski definition) is 2. The van der Waals surface area contributed by atoms with Crippen LogP contribution in [0.4, 0.5) is 13.2 Å². The summed E-state index contributed by atoms with van der Waals surface area (Å²) in [4.78, 5) is 0.108. The van der Waals surface area contributed by atoms with Gasteiger partial charge in [0, 0.05) is 4.88 Å². The Balaban J connectivity index is 2.98. The maximum Gasteiger partial charge on any atom is 0.408 e. The van der Waals surface area contributed by atoms with Crippen molar-refractivity contribution in [2.45, 2.75) is 12.2 Å². The van der Waals surface area contributed by atoms with Crippen LogP contribution in [0.1, 0.15) is 10.9 Å². The Morgan fingerprint density at radius 1 is 1.54 bits per heavy atom. The molecule has 6 heteroatoms. The van der Waals surface area contributed by atoms with Gasteiger partial charge in [-0.25, -0.2) is 0 Å².